The molecule has 0 radical (unpaired) electrons. The third kappa shape index (κ3) is 3.85. The van der Waals surface area contributed by atoms with Crippen molar-refractivity contribution in [3.63, 3.8) is 0 Å². The van der Waals surface area contributed by atoms with E-state index in [4.69, 9.17) is 9.47 Å². The van der Waals surface area contributed by atoms with Crippen molar-refractivity contribution in [3.05, 3.63) is 83.7 Å². The van der Waals surface area contributed by atoms with Crippen molar-refractivity contribution in [3.8, 4) is 17.2 Å². The summed E-state index contributed by atoms with van der Waals surface area (Å²) in [6, 6.07) is 16.0. The molecule has 0 spiro atoms. The summed E-state index contributed by atoms with van der Waals surface area (Å²) in [7, 11) is 1.61. The number of methoxy groups -OCH3 is 1. The molecule has 3 N–H and O–H groups in total. The Balaban J connectivity index is 1.59. The van der Waals surface area contributed by atoms with Crippen molar-refractivity contribution < 1.29 is 19.4 Å². The number of likely N-dealkylation sites (tertiary alicyclic amines) is 1. The average Bonchev–Trinajstić information content (AvgIpc) is 3.40. The van der Waals surface area contributed by atoms with Crippen LogP contribution in [0.3, 0.4) is 0 Å². The number of pyridine rings is 1. The van der Waals surface area contributed by atoms with E-state index in [0.29, 0.717) is 24.7 Å². The number of nitrogens with zero attached hydrogens (tertiary/aromatic N) is 2. The average molecular weight is 461 g/mol. The molecular formula is C26H28N4O4. The minimum Gasteiger partial charge on any atom is -0.508 e. The Kier molecular flexibility index (Phi) is 6.08. The number of hydrogen-bond acceptors (Lipinski definition) is 7. The van der Waals surface area contributed by atoms with E-state index >= 15 is 0 Å². The van der Waals surface area contributed by atoms with Gasteiger partial charge >= 0.3 is 0 Å². The van der Waals surface area contributed by atoms with Gasteiger partial charge in [-0.15, -0.1) is 0 Å². The van der Waals surface area contributed by atoms with E-state index < -0.39 is 6.04 Å². The summed E-state index contributed by atoms with van der Waals surface area (Å²) in [6.45, 7) is 2.90. The van der Waals surface area contributed by atoms with Crippen LogP contribution in [0.25, 0.3) is 0 Å². The highest BCUT2D eigenvalue weighted by molar-refractivity contribution is 5.86. The Labute approximate surface area is 198 Å². The lowest BCUT2D eigenvalue weighted by Gasteiger charge is -2.32. The molecular weight excluding hydrogens is 432 g/mol. The molecule has 4 atom stereocenters. The lowest BCUT2D eigenvalue weighted by atomic mass is 9.83. The zero-order valence-corrected chi connectivity index (χ0v) is 19.1. The maximum Gasteiger partial charge on any atom is 0.242 e. The molecule has 1 amide bonds. The van der Waals surface area contributed by atoms with Gasteiger partial charge in [0.2, 0.25) is 5.91 Å². The predicted octanol–water partition coefficient (Wildman–Crippen LogP) is 3.11. The van der Waals surface area contributed by atoms with Gasteiger partial charge in [0.1, 0.15) is 11.8 Å². The molecule has 2 aliphatic heterocycles. The second-order valence-corrected chi connectivity index (χ2v) is 8.49. The number of benzene rings is 2. The van der Waals surface area contributed by atoms with Crippen molar-refractivity contribution >= 4 is 5.91 Å². The van der Waals surface area contributed by atoms with E-state index in [2.05, 4.69) is 15.8 Å². The first-order chi connectivity index (χ1) is 16.6. The third-order valence-corrected chi connectivity index (χ3v) is 6.62. The Morgan fingerprint density at radius 3 is 2.53 bits per heavy atom. The van der Waals surface area contributed by atoms with Gasteiger partial charge in [-0.05, 0) is 48.4 Å². The number of phenolic OH excluding ortho intramolecular Hbond substituents is 1. The zero-order chi connectivity index (χ0) is 23.7. The number of hydrogen-bond donors (Lipinski definition) is 3. The van der Waals surface area contributed by atoms with Crippen molar-refractivity contribution in [1.29, 1.82) is 0 Å². The molecule has 176 valence electrons. The molecule has 2 fully saturated rings. The highest BCUT2D eigenvalue weighted by Gasteiger charge is 2.55. The number of para-hydroxylation sites is 1. The number of amides is 1. The second-order valence-electron chi connectivity index (χ2n) is 8.49. The second kappa shape index (κ2) is 9.32. The fourth-order valence-electron chi connectivity index (χ4n) is 5.12. The minimum atomic E-state index is -0.436. The molecule has 0 bridgehead atoms. The Morgan fingerprint density at radius 2 is 1.79 bits per heavy atom. The number of carbonyl (C=O) groups excluding carboxylic acids is 1. The highest BCUT2D eigenvalue weighted by atomic mass is 16.5. The molecule has 2 aromatic carbocycles. The van der Waals surface area contributed by atoms with Crippen LogP contribution in [0.1, 0.15) is 35.7 Å². The van der Waals surface area contributed by atoms with Crippen molar-refractivity contribution in [2.75, 3.05) is 13.7 Å². The van der Waals surface area contributed by atoms with Gasteiger partial charge in [0.05, 0.1) is 25.8 Å². The summed E-state index contributed by atoms with van der Waals surface area (Å²) in [4.78, 5) is 19.7. The van der Waals surface area contributed by atoms with Crippen molar-refractivity contribution in [2.24, 2.45) is 5.92 Å². The van der Waals surface area contributed by atoms with Crippen LogP contribution < -0.4 is 20.3 Å². The Morgan fingerprint density at radius 1 is 1.03 bits per heavy atom. The molecule has 34 heavy (non-hydrogen) atoms. The summed E-state index contributed by atoms with van der Waals surface area (Å²) < 4.78 is 11.3. The first-order valence-corrected chi connectivity index (χ1v) is 11.4. The molecule has 0 saturated carbocycles. The molecule has 2 aliphatic rings. The lowest BCUT2D eigenvalue weighted by molar-refractivity contribution is -0.131. The van der Waals surface area contributed by atoms with E-state index in [0.717, 1.165) is 16.7 Å². The molecule has 8 nitrogen and oxygen atoms in total. The Bertz CT molecular complexity index is 1170. The molecule has 3 heterocycles. The first kappa shape index (κ1) is 22.2. The van der Waals surface area contributed by atoms with Gasteiger partial charge in [-0.1, -0.05) is 24.3 Å². The van der Waals surface area contributed by atoms with Crippen LogP contribution in [0.5, 0.6) is 17.2 Å². The van der Waals surface area contributed by atoms with E-state index in [1.807, 2.05) is 54.3 Å². The van der Waals surface area contributed by atoms with Crippen molar-refractivity contribution in [1.82, 2.24) is 20.7 Å². The predicted molar refractivity (Wildman–Crippen MR) is 126 cm³/mol. The quantitative estimate of drug-likeness (QED) is 0.499. The summed E-state index contributed by atoms with van der Waals surface area (Å²) in [5, 5.41) is 10.6. The van der Waals surface area contributed by atoms with Gasteiger partial charge in [-0.3, -0.25) is 9.78 Å². The number of hydrazine groups is 1. The Hall–Kier alpha value is -3.62. The highest BCUT2D eigenvalue weighted by Crippen LogP contribution is 2.50. The maximum absolute atomic E-state index is 13.7. The molecule has 2 saturated heterocycles. The fourth-order valence-corrected chi connectivity index (χ4v) is 5.12. The summed E-state index contributed by atoms with van der Waals surface area (Å²) in [5.74, 6) is 1.33. The fraction of sp³-hybridized carbons (Fsp3) is 0.308. The number of rotatable bonds is 7. The maximum atomic E-state index is 13.7. The number of carbonyl (C=O) groups is 1. The molecule has 8 heteroatoms. The van der Waals surface area contributed by atoms with Crippen LogP contribution in [-0.2, 0) is 11.3 Å². The van der Waals surface area contributed by atoms with Crippen LogP contribution in [0.4, 0.5) is 0 Å². The SMILES string of the molecule is CCOc1ccc(C2C3C(NNC3c3ccccc3O)C(=O)N2Cc2ccncc2)cc1OC. The lowest BCUT2D eigenvalue weighted by Crippen LogP contribution is -2.41. The van der Waals surface area contributed by atoms with Crippen LogP contribution in [0.2, 0.25) is 0 Å². The molecule has 1 aromatic heterocycles. The number of aromatic nitrogens is 1. The van der Waals surface area contributed by atoms with Gasteiger partial charge in [0.25, 0.3) is 0 Å². The number of nitrogens with one attached hydrogen (secondary N) is 2. The molecule has 4 unspecified atom stereocenters. The van der Waals surface area contributed by atoms with E-state index in [1.165, 1.54) is 0 Å². The van der Waals surface area contributed by atoms with Gasteiger partial charge in [0.15, 0.2) is 11.5 Å². The topological polar surface area (TPSA) is 96.0 Å². The number of ether oxygens (including phenoxy) is 2. The molecule has 5 rings (SSSR count). The van der Waals surface area contributed by atoms with Crippen LogP contribution in [-0.4, -0.2) is 40.7 Å². The van der Waals surface area contributed by atoms with Gasteiger partial charge in [-0.25, -0.2) is 10.9 Å². The largest absolute Gasteiger partial charge is 0.508 e. The zero-order valence-electron chi connectivity index (χ0n) is 19.1. The van der Waals surface area contributed by atoms with Gasteiger partial charge in [0, 0.05) is 30.4 Å². The number of fused-ring (bicyclic) bond motifs is 1. The van der Waals surface area contributed by atoms with Crippen LogP contribution in [0, 0.1) is 5.92 Å². The van der Waals surface area contributed by atoms with E-state index in [1.54, 1.807) is 31.6 Å². The number of phenols is 1. The minimum absolute atomic E-state index is 0.00471. The van der Waals surface area contributed by atoms with Crippen LogP contribution in [0.15, 0.2) is 67.0 Å². The van der Waals surface area contributed by atoms with Gasteiger partial charge < -0.3 is 19.5 Å². The summed E-state index contributed by atoms with van der Waals surface area (Å²) in [6.07, 6.45) is 3.46. The van der Waals surface area contributed by atoms with Gasteiger partial charge in [-0.2, -0.15) is 0 Å². The summed E-state index contributed by atoms with van der Waals surface area (Å²) >= 11 is 0. The normalized spacial score (nSPS) is 23.7. The monoisotopic (exact) mass is 460 g/mol. The third-order valence-electron chi connectivity index (χ3n) is 6.62. The molecule has 0 aliphatic carbocycles. The standard InChI is InChI=1S/C26H28N4O4/c1-3-34-20-9-8-17(14-21(20)33-2)25-22-23(18-6-4-5-7-19(18)31)28-29-24(22)26(32)30(25)15-16-10-12-27-13-11-16/h4-14,22-25,28-29,31H,3,15H2,1-2H3. The molecule has 3 aromatic rings. The smallest absolute Gasteiger partial charge is 0.242 e. The van der Waals surface area contributed by atoms with Crippen molar-refractivity contribution in [2.45, 2.75) is 31.6 Å². The van der Waals surface area contributed by atoms with E-state index in [-0.39, 0.29) is 29.7 Å². The van der Waals surface area contributed by atoms with E-state index in [9.17, 15) is 9.90 Å². The van der Waals surface area contributed by atoms with Crippen LogP contribution >= 0.6 is 0 Å². The number of aromatic hydroxyl groups is 1. The summed E-state index contributed by atoms with van der Waals surface area (Å²) in [5.41, 5.74) is 9.16. The first-order valence-electron chi connectivity index (χ1n) is 11.4.